The lowest BCUT2D eigenvalue weighted by atomic mass is 10.2. The summed E-state index contributed by atoms with van der Waals surface area (Å²) in [5.41, 5.74) is 1.06. The van der Waals surface area contributed by atoms with Gasteiger partial charge in [0.1, 0.15) is 12.4 Å². The Bertz CT molecular complexity index is 387. The topological polar surface area (TPSA) is 52.6 Å². The minimum Gasteiger partial charge on any atom is -0.460 e. The summed E-state index contributed by atoms with van der Waals surface area (Å²) in [6.07, 6.45) is 3.97. The van der Waals surface area contributed by atoms with Crippen LogP contribution in [-0.4, -0.2) is 25.0 Å². The van der Waals surface area contributed by atoms with Crippen molar-refractivity contribution in [2.24, 2.45) is 0 Å². The Kier molecular flexibility index (Phi) is 13.2. The van der Waals surface area contributed by atoms with Gasteiger partial charge in [0.25, 0.3) is 0 Å². The molecule has 1 aromatic rings. The van der Waals surface area contributed by atoms with Crippen molar-refractivity contribution in [3.63, 3.8) is 0 Å². The summed E-state index contributed by atoms with van der Waals surface area (Å²) < 4.78 is 10.6. The molecule has 0 fully saturated rings. The van der Waals surface area contributed by atoms with Gasteiger partial charge in [-0.15, -0.1) is 0 Å². The Morgan fingerprint density at radius 2 is 1.82 bits per heavy atom. The van der Waals surface area contributed by atoms with Crippen LogP contribution in [0, 0.1) is 0 Å². The van der Waals surface area contributed by atoms with E-state index in [2.05, 4.69) is 13.8 Å². The number of aldehydes is 1. The number of hydrogen-bond acceptors (Lipinski definition) is 4. The number of hydrogen-bond donors (Lipinski definition) is 0. The first-order chi connectivity index (χ1) is 10.6. The SMILES string of the molecule is CC(=O)OC(CCC=O)COCc1ccccc1.CCCC. The Hall–Kier alpha value is -1.68. The summed E-state index contributed by atoms with van der Waals surface area (Å²) in [6, 6.07) is 9.75. The Morgan fingerprint density at radius 1 is 1.18 bits per heavy atom. The molecule has 0 aliphatic heterocycles. The van der Waals surface area contributed by atoms with Gasteiger partial charge in [-0.05, 0) is 12.0 Å². The number of carbonyl (C=O) groups excluding carboxylic acids is 2. The molecule has 124 valence electrons. The third-order valence-corrected chi connectivity index (χ3v) is 2.85. The molecule has 0 radical (unpaired) electrons. The minimum absolute atomic E-state index is 0.308. The molecule has 1 atom stereocenters. The summed E-state index contributed by atoms with van der Waals surface area (Å²) >= 11 is 0. The van der Waals surface area contributed by atoms with Gasteiger partial charge in [0.05, 0.1) is 13.2 Å². The molecule has 0 saturated heterocycles. The molecule has 0 bridgehead atoms. The van der Waals surface area contributed by atoms with Gasteiger partial charge in [-0.2, -0.15) is 0 Å². The van der Waals surface area contributed by atoms with Gasteiger partial charge in [0.15, 0.2) is 0 Å². The third kappa shape index (κ3) is 12.1. The van der Waals surface area contributed by atoms with Crippen molar-refractivity contribution in [2.75, 3.05) is 6.61 Å². The van der Waals surface area contributed by atoms with E-state index in [-0.39, 0.29) is 12.1 Å². The number of ether oxygens (including phenoxy) is 2. The molecule has 1 aromatic carbocycles. The van der Waals surface area contributed by atoms with Crippen molar-refractivity contribution < 1.29 is 19.1 Å². The van der Waals surface area contributed by atoms with Gasteiger partial charge >= 0.3 is 5.97 Å². The average molecular weight is 308 g/mol. The van der Waals surface area contributed by atoms with Gasteiger partial charge in [-0.1, -0.05) is 57.0 Å². The fourth-order valence-corrected chi connectivity index (χ4v) is 1.55. The molecular formula is C18H28O4. The molecule has 0 saturated carbocycles. The second-order valence-electron chi connectivity index (χ2n) is 4.98. The zero-order chi connectivity index (χ0) is 16.6. The van der Waals surface area contributed by atoms with Crippen molar-refractivity contribution in [3.8, 4) is 0 Å². The van der Waals surface area contributed by atoms with Gasteiger partial charge in [0, 0.05) is 13.3 Å². The summed E-state index contributed by atoms with van der Waals surface area (Å²) in [5, 5.41) is 0. The van der Waals surface area contributed by atoms with Gasteiger partial charge < -0.3 is 14.3 Å². The van der Waals surface area contributed by atoms with Gasteiger partial charge in [0.2, 0.25) is 0 Å². The van der Waals surface area contributed by atoms with E-state index in [0.29, 0.717) is 26.1 Å². The van der Waals surface area contributed by atoms with Crippen molar-refractivity contribution in [3.05, 3.63) is 35.9 Å². The van der Waals surface area contributed by atoms with E-state index >= 15 is 0 Å². The highest BCUT2D eigenvalue weighted by atomic mass is 16.6. The van der Waals surface area contributed by atoms with E-state index in [0.717, 1.165) is 11.8 Å². The van der Waals surface area contributed by atoms with Crippen LogP contribution in [0.2, 0.25) is 0 Å². The van der Waals surface area contributed by atoms with Crippen LogP contribution in [0.3, 0.4) is 0 Å². The predicted octanol–water partition coefficient (Wildman–Crippen LogP) is 3.92. The first-order valence-corrected chi connectivity index (χ1v) is 7.86. The zero-order valence-electron chi connectivity index (χ0n) is 13.9. The fourth-order valence-electron chi connectivity index (χ4n) is 1.55. The van der Waals surface area contributed by atoms with E-state index in [1.807, 2.05) is 30.3 Å². The number of rotatable bonds is 9. The van der Waals surface area contributed by atoms with Crippen LogP contribution < -0.4 is 0 Å². The number of unbranched alkanes of at least 4 members (excludes halogenated alkanes) is 1. The Balaban J connectivity index is 0.000000980. The van der Waals surface area contributed by atoms with Crippen molar-refractivity contribution in [2.45, 2.75) is 59.2 Å². The van der Waals surface area contributed by atoms with Crippen molar-refractivity contribution in [1.82, 2.24) is 0 Å². The molecule has 0 spiro atoms. The lowest BCUT2D eigenvalue weighted by molar-refractivity contribution is -0.150. The Morgan fingerprint density at radius 3 is 2.32 bits per heavy atom. The van der Waals surface area contributed by atoms with E-state index in [4.69, 9.17) is 9.47 Å². The molecule has 0 aliphatic carbocycles. The lowest BCUT2D eigenvalue weighted by Crippen LogP contribution is -2.22. The maximum Gasteiger partial charge on any atom is 0.302 e. The normalized spacial score (nSPS) is 11.0. The Labute approximate surface area is 133 Å². The summed E-state index contributed by atoms with van der Waals surface area (Å²) in [7, 11) is 0. The monoisotopic (exact) mass is 308 g/mol. The number of esters is 1. The van der Waals surface area contributed by atoms with E-state index in [1.54, 1.807) is 0 Å². The van der Waals surface area contributed by atoms with E-state index in [1.165, 1.54) is 19.8 Å². The molecule has 4 nitrogen and oxygen atoms in total. The molecule has 1 unspecified atom stereocenters. The summed E-state index contributed by atoms with van der Waals surface area (Å²) in [4.78, 5) is 21.2. The van der Waals surface area contributed by atoms with Crippen LogP contribution in [0.4, 0.5) is 0 Å². The molecule has 22 heavy (non-hydrogen) atoms. The van der Waals surface area contributed by atoms with Crippen LogP contribution in [0.1, 0.15) is 52.0 Å². The molecule has 0 amide bonds. The smallest absolute Gasteiger partial charge is 0.302 e. The maximum absolute atomic E-state index is 10.9. The molecular weight excluding hydrogens is 280 g/mol. The highest BCUT2D eigenvalue weighted by Crippen LogP contribution is 2.06. The first kappa shape index (κ1) is 20.3. The molecule has 0 aromatic heterocycles. The van der Waals surface area contributed by atoms with E-state index < -0.39 is 0 Å². The highest BCUT2D eigenvalue weighted by Gasteiger charge is 2.11. The highest BCUT2D eigenvalue weighted by molar-refractivity contribution is 5.66. The van der Waals surface area contributed by atoms with Crippen LogP contribution in [-0.2, 0) is 25.7 Å². The van der Waals surface area contributed by atoms with Crippen LogP contribution >= 0.6 is 0 Å². The number of carbonyl (C=O) groups is 2. The molecule has 4 heteroatoms. The standard InChI is InChI=1S/C14H18O4.C4H10/c1-12(16)18-14(8-5-9-15)11-17-10-13-6-3-2-4-7-13;1-3-4-2/h2-4,6-7,9,14H,5,8,10-11H2,1H3;3-4H2,1-2H3. The summed E-state index contributed by atoms with van der Waals surface area (Å²) in [6.45, 7) is 6.49. The van der Waals surface area contributed by atoms with Crippen LogP contribution in [0.5, 0.6) is 0 Å². The van der Waals surface area contributed by atoms with Crippen LogP contribution in [0.25, 0.3) is 0 Å². The second-order valence-corrected chi connectivity index (χ2v) is 4.98. The largest absolute Gasteiger partial charge is 0.460 e. The van der Waals surface area contributed by atoms with Crippen molar-refractivity contribution >= 4 is 12.3 Å². The quantitative estimate of drug-likeness (QED) is 0.512. The average Bonchev–Trinajstić information content (AvgIpc) is 2.53. The van der Waals surface area contributed by atoms with Gasteiger partial charge in [-0.3, -0.25) is 4.79 Å². The van der Waals surface area contributed by atoms with Gasteiger partial charge in [-0.25, -0.2) is 0 Å². The molecule has 0 aliphatic rings. The predicted molar refractivity (Wildman–Crippen MR) is 87.5 cm³/mol. The van der Waals surface area contributed by atoms with Crippen LogP contribution in [0.15, 0.2) is 30.3 Å². The summed E-state index contributed by atoms with van der Waals surface area (Å²) in [5.74, 6) is -0.353. The van der Waals surface area contributed by atoms with E-state index in [9.17, 15) is 9.59 Å². The fraction of sp³-hybridized carbons (Fsp3) is 0.556. The number of benzene rings is 1. The minimum atomic E-state index is -0.353. The molecule has 0 heterocycles. The second kappa shape index (κ2) is 14.3. The molecule has 1 rings (SSSR count). The first-order valence-electron chi connectivity index (χ1n) is 7.86. The zero-order valence-corrected chi connectivity index (χ0v) is 13.9. The maximum atomic E-state index is 10.9. The van der Waals surface area contributed by atoms with Crippen molar-refractivity contribution in [1.29, 1.82) is 0 Å². The molecule has 0 N–H and O–H groups in total. The third-order valence-electron chi connectivity index (χ3n) is 2.85. The lowest BCUT2D eigenvalue weighted by Gasteiger charge is -2.16.